The van der Waals surface area contributed by atoms with Gasteiger partial charge >= 0.3 is 0 Å². The normalized spacial score (nSPS) is 13.8. The van der Waals surface area contributed by atoms with Crippen molar-refractivity contribution in [3.8, 4) is 0 Å². The molecule has 0 fully saturated rings. The second-order valence-corrected chi connectivity index (χ2v) is 13.8. The molecule has 0 aliphatic rings. The predicted octanol–water partition coefficient (Wildman–Crippen LogP) is 10.9. The van der Waals surface area contributed by atoms with Crippen LogP contribution in [-0.4, -0.2) is 46.1 Å². The maximum Gasteiger partial charge on any atom is 0.220 e. The zero-order valence-electron chi connectivity index (χ0n) is 30.3. The van der Waals surface area contributed by atoms with Gasteiger partial charge in [-0.1, -0.05) is 187 Å². The van der Waals surface area contributed by atoms with Gasteiger partial charge in [-0.2, -0.15) is 0 Å². The van der Waals surface area contributed by atoms with Crippen LogP contribution >= 0.6 is 0 Å². The molecule has 0 saturated carbocycles. The summed E-state index contributed by atoms with van der Waals surface area (Å²) < 4.78 is 0. The third-order valence-corrected chi connectivity index (χ3v) is 9.37. The van der Waals surface area contributed by atoms with Crippen LogP contribution in [0.3, 0.4) is 0 Å². The molecule has 5 nitrogen and oxygen atoms in total. The van der Waals surface area contributed by atoms with Gasteiger partial charge < -0.3 is 20.6 Å². The molecule has 0 aromatic heterocycles. The summed E-state index contributed by atoms with van der Waals surface area (Å²) in [4.78, 5) is 12.3. The van der Waals surface area contributed by atoms with Gasteiger partial charge in [0.1, 0.15) is 6.10 Å². The highest BCUT2D eigenvalue weighted by Crippen LogP contribution is 2.16. The number of nitrogens with one attached hydrogen (secondary N) is 1. The van der Waals surface area contributed by atoms with Crippen LogP contribution in [-0.2, 0) is 4.79 Å². The van der Waals surface area contributed by atoms with Crippen molar-refractivity contribution in [3.05, 3.63) is 12.2 Å². The van der Waals surface area contributed by atoms with E-state index in [0.29, 0.717) is 12.8 Å². The molecule has 0 radical (unpaired) electrons. The second-order valence-electron chi connectivity index (χ2n) is 13.8. The number of carbonyl (C=O) groups excluding carboxylic acids is 1. The number of rotatable bonds is 36. The lowest BCUT2D eigenvalue weighted by molar-refractivity contribution is -0.124. The Bertz CT molecular complexity index is 625. The summed E-state index contributed by atoms with van der Waals surface area (Å²) >= 11 is 0. The van der Waals surface area contributed by atoms with E-state index < -0.39 is 18.2 Å². The van der Waals surface area contributed by atoms with Crippen LogP contribution in [0.4, 0.5) is 0 Å². The quantitative estimate of drug-likeness (QED) is 0.0406. The molecule has 3 unspecified atom stereocenters. The average molecular weight is 638 g/mol. The maximum absolute atomic E-state index is 12.3. The molecule has 268 valence electrons. The first-order valence-electron chi connectivity index (χ1n) is 20.0. The van der Waals surface area contributed by atoms with Gasteiger partial charge in [0.15, 0.2) is 0 Å². The van der Waals surface area contributed by atoms with Crippen molar-refractivity contribution in [2.75, 3.05) is 6.61 Å². The van der Waals surface area contributed by atoms with E-state index in [9.17, 15) is 20.1 Å². The largest absolute Gasteiger partial charge is 0.394 e. The number of hydrogen-bond donors (Lipinski definition) is 4. The van der Waals surface area contributed by atoms with E-state index in [1.807, 2.05) is 0 Å². The van der Waals surface area contributed by atoms with Gasteiger partial charge in [-0.05, 0) is 32.1 Å². The highest BCUT2D eigenvalue weighted by Gasteiger charge is 2.26. The Morgan fingerprint density at radius 2 is 0.911 bits per heavy atom. The number of carbonyl (C=O) groups is 1. The van der Waals surface area contributed by atoms with Gasteiger partial charge in [0.05, 0.1) is 18.8 Å². The van der Waals surface area contributed by atoms with Crippen LogP contribution in [0.5, 0.6) is 0 Å². The summed E-state index contributed by atoms with van der Waals surface area (Å²) in [7, 11) is 0. The first-order valence-corrected chi connectivity index (χ1v) is 20.0. The zero-order chi connectivity index (χ0) is 33.1. The zero-order valence-corrected chi connectivity index (χ0v) is 30.3. The summed E-state index contributed by atoms with van der Waals surface area (Å²) in [5.74, 6) is -0.158. The van der Waals surface area contributed by atoms with Crippen LogP contribution < -0.4 is 5.32 Å². The molecule has 0 rings (SSSR count). The van der Waals surface area contributed by atoms with E-state index >= 15 is 0 Å². The van der Waals surface area contributed by atoms with E-state index in [-0.39, 0.29) is 12.5 Å². The highest BCUT2D eigenvalue weighted by atomic mass is 16.3. The van der Waals surface area contributed by atoms with Crippen molar-refractivity contribution in [3.63, 3.8) is 0 Å². The SMILES string of the molecule is CCCC/C=C\CCCCCCC(=O)NC(CO)C(O)C(O)CCCCCCCCCCCCCCCCCCCCCCC. The molecule has 0 saturated heterocycles. The van der Waals surface area contributed by atoms with Crippen molar-refractivity contribution in [1.29, 1.82) is 0 Å². The fourth-order valence-corrected chi connectivity index (χ4v) is 6.20. The molecule has 0 bridgehead atoms. The molecule has 0 aromatic rings. The van der Waals surface area contributed by atoms with Crippen molar-refractivity contribution in [2.24, 2.45) is 0 Å². The summed E-state index contributed by atoms with van der Waals surface area (Å²) in [6.07, 6.45) is 40.3. The number of amides is 1. The maximum atomic E-state index is 12.3. The summed E-state index contributed by atoms with van der Waals surface area (Å²) in [6.45, 7) is 4.13. The van der Waals surface area contributed by atoms with Gasteiger partial charge in [-0.25, -0.2) is 0 Å². The van der Waals surface area contributed by atoms with Crippen molar-refractivity contribution in [1.82, 2.24) is 5.32 Å². The Hall–Kier alpha value is -0.910. The van der Waals surface area contributed by atoms with Crippen LogP contribution in [0.1, 0.15) is 213 Å². The van der Waals surface area contributed by atoms with Crippen molar-refractivity contribution in [2.45, 2.75) is 231 Å². The molecule has 1 amide bonds. The number of unbranched alkanes of at least 4 members (excludes halogenated alkanes) is 26. The van der Waals surface area contributed by atoms with E-state index in [4.69, 9.17) is 0 Å². The Morgan fingerprint density at radius 3 is 1.36 bits per heavy atom. The third-order valence-electron chi connectivity index (χ3n) is 9.37. The molecular weight excluding hydrogens is 558 g/mol. The van der Waals surface area contributed by atoms with E-state index in [2.05, 4.69) is 31.3 Å². The van der Waals surface area contributed by atoms with Crippen LogP contribution in [0, 0.1) is 0 Å². The Labute approximate surface area is 280 Å². The van der Waals surface area contributed by atoms with Crippen LogP contribution in [0.15, 0.2) is 12.2 Å². The van der Waals surface area contributed by atoms with Gasteiger partial charge in [0, 0.05) is 6.42 Å². The molecule has 4 N–H and O–H groups in total. The van der Waals surface area contributed by atoms with Crippen molar-refractivity contribution < 1.29 is 20.1 Å². The molecule has 0 heterocycles. The molecule has 0 aliphatic carbocycles. The number of hydrogen-bond acceptors (Lipinski definition) is 4. The predicted molar refractivity (Wildman–Crippen MR) is 195 cm³/mol. The lowest BCUT2D eigenvalue weighted by Gasteiger charge is -2.26. The fraction of sp³-hybridized carbons (Fsp3) is 0.925. The molecular formula is C40H79NO4. The Balaban J connectivity index is 3.59. The average Bonchev–Trinajstić information content (AvgIpc) is 3.04. The molecule has 5 heteroatoms. The van der Waals surface area contributed by atoms with E-state index in [1.54, 1.807) is 0 Å². The molecule has 3 atom stereocenters. The van der Waals surface area contributed by atoms with Gasteiger partial charge in [-0.15, -0.1) is 0 Å². The number of aliphatic hydroxyl groups is 3. The summed E-state index contributed by atoms with van der Waals surface area (Å²) in [5.41, 5.74) is 0. The minimum Gasteiger partial charge on any atom is -0.394 e. The Kier molecular flexibility index (Phi) is 35.2. The molecule has 45 heavy (non-hydrogen) atoms. The lowest BCUT2D eigenvalue weighted by Crippen LogP contribution is -2.50. The van der Waals surface area contributed by atoms with Gasteiger partial charge in [-0.3, -0.25) is 4.79 Å². The first kappa shape index (κ1) is 44.1. The van der Waals surface area contributed by atoms with Crippen LogP contribution in [0.2, 0.25) is 0 Å². The summed E-state index contributed by atoms with van der Waals surface area (Å²) in [5, 5.41) is 33.4. The van der Waals surface area contributed by atoms with Gasteiger partial charge in [0.25, 0.3) is 0 Å². The minimum atomic E-state index is -1.14. The smallest absolute Gasteiger partial charge is 0.220 e. The fourth-order valence-electron chi connectivity index (χ4n) is 6.20. The minimum absolute atomic E-state index is 0.158. The number of aliphatic hydroxyl groups excluding tert-OH is 3. The topological polar surface area (TPSA) is 89.8 Å². The van der Waals surface area contributed by atoms with E-state index in [1.165, 1.54) is 135 Å². The first-order chi connectivity index (χ1) is 22.1. The molecule has 0 aromatic carbocycles. The summed E-state index contributed by atoms with van der Waals surface area (Å²) in [6, 6.07) is -0.810. The van der Waals surface area contributed by atoms with Gasteiger partial charge in [0.2, 0.25) is 5.91 Å². The standard InChI is InChI=1S/C40H79NO4/c1-3-5-7-9-11-13-15-16-17-18-19-20-21-22-23-24-25-26-28-30-32-34-38(43)40(45)37(36-42)41-39(44)35-33-31-29-27-14-12-10-8-6-4-2/h10,12,37-38,40,42-43,45H,3-9,11,13-36H2,1-2H3,(H,41,44)/b12-10-. The van der Waals surface area contributed by atoms with Crippen molar-refractivity contribution >= 4 is 5.91 Å². The molecule has 0 spiro atoms. The third kappa shape index (κ3) is 31.5. The lowest BCUT2D eigenvalue weighted by atomic mass is 9.99. The number of allylic oxidation sites excluding steroid dienone is 2. The second kappa shape index (κ2) is 35.9. The highest BCUT2D eigenvalue weighted by molar-refractivity contribution is 5.76. The Morgan fingerprint density at radius 1 is 0.533 bits per heavy atom. The van der Waals surface area contributed by atoms with Crippen LogP contribution in [0.25, 0.3) is 0 Å². The monoisotopic (exact) mass is 638 g/mol. The van der Waals surface area contributed by atoms with E-state index in [0.717, 1.165) is 51.4 Å². The molecule has 0 aliphatic heterocycles.